The lowest BCUT2D eigenvalue weighted by molar-refractivity contribution is -0.137. The van der Waals surface area contributed by atoms with Crippen LogP contribution in [0.3, 0.4) is 0 Å². The highest BCUT2D eigenvalue weighted by atomic mass is 16.4. The summed E-state index contributed by atoms with van der Waals surface area (Å²) in [6, 6.07) is 0. The van der Waals surface area contributed by atoms with E-state index in [1.54, 1.807) is 4.90 Å². The second-order valence-corrected chi connectivity index (χ2v) is 4.83. The number of carbonyl (C=O) groups is 1. The van der Waals surface area contributed by atoms with Crippen LogP contribution in [0.4, 0.5) is 0 Å². The molecule has 0 aliphatic heterocycles. The lowest BCUT2D eigenvalue weighted by atomic mass is 10.2. The average molecular weight is 267 g/mol. The largest absolute Gasteiger partial charge is 0.480 e. The van der Waals surface area contributed by atoms with Gasteiger partial charge < -0.3 is 10.0 Å². The zero-order chi connectivity index (χ0) is 14.3. The van der Waals surface area contributed by atoms with Crippen molar-refractivity contribution in [1.29, 1.82) is 0 Å². The SMILES string of the molecule is CCCCC/C=C/N(/C=C/CCCCC)CC(=O)O. The normalized spacial score (nSPS) is 11.5. The van der Waals surface area contributed by atoms with Gasteiger partial charge >= 0.3 is 5.97 Å². The van der Waals surface area contributed by atoms with Gasteiger partial charge in [0.25, 0.3) is 0 Å². The molecule has 0 unspecified atom stereocenters. The quantitative estimate of drug-likeness (QED) is 0.527. The third-order valence-corrected chi connectivity index (χ3v) is 2.86. The molecule has 0 aromatic heterocycles. The first-order valence-corrected chi connectivity index (χ1v) is 7.51. The fourth-order valence-corrected chi connectivity index (χ4v) is 1.76. The molecule has 0 aromatic carbocycles. The summed E-state index contributed by atoms with van der Waals surface area (Å²) in [4.78, 5) is 12.5. The Kier molecular flexibility index (Phi) is 12.3. The van der Waals surface area contributed by atoms with E-state index in [1.807, 2.05) is 12.4 Å². The Labute approximate surface area is 118 Å². The Morgan fingerprint density at radius 3 is 1.79 bits per heavy atom. The van der Waals surface area contributed by atoms with Gasteiger partial charge in [0.1, 0.15) is 6.54 Å². The monoisotopic (exact) mass is 267 g/mol. The average Bonchev–Trinajstić information content (AvgIpc) is 2.37. The summed E-state index contributed by atoms with van der Waals surface area (Å²) in [5, 5.41) is 8.86. The van der Waals surface area contributed by atoms with Crippen molar-refractivity contribution in [2.45, 2.75) is 65.2 Å². The molecule has 1 N–H and O–H groups in total. The van der Waals surface area contributed by atoms with Crippen molar-refractivity contribution >= 4 is 5.97 Å². The van der Waals surface area contributed by atoms with Gasteiger partial charge in [-0.25, -0.2) is 0 Å². The van der Waals surface area contributed by atoms with E-state index in [4.69, 9.17) is 5.11 Å². The molecule has 0 saturated heterocycles. The summed E-state index contributed by atoms with van der Waals surface area (Å²) in [5.74, 6) is -0.795. The van der Waals surface area contributed by atoms with Crippen molar-refractivity contribution in [3.8, 4) is 0 Å². The van der Waals surface area contributed by atoms with Crippen LogP contribution in [0.2, 0.25) is 0 Å². The number of carboxylic acids is 1. The Balaban J connectivity index is 4.03. The van der Waals surface area contributed by atoms with Crippen molar-refractivity contribution in [3.05, 3.63) is 24.6 Å². The zero-order valence-electron chi connectivity index (χ0n) is 12.5. The number of carboxylic acid groups (broad SMARTS) is 1. The topological polar surface area (TPSA) is 40.5 Å². The molecule has 0 fully saturated rings. The van der Waals surface area contributed by atoms with Crippen LogP contribution in [-0.4, -0.2) is 22.5 Å². The van der Waals surface area contributed by atoms with E-state index >= 15 is 0 Å². The molecule has 110 valence electrons. The molecule has 0 aliphatic rings. The lowest BCUT2D eigenvalue weighted by Gasteiger charge is -2.12. The zero-order valence-corrected chi connectivity index (χ0v) is 12.5. The molecule has 0 aromatic rings. The van der Waals surface area contributed by atoms with E-state index in [9.17, 15) is 4.79 Å². The van der Waals surface area contributed by atoms with Gasteiger partial charge in [-0.2, -0.15) is 0 Å². The number of allylic oxidation sites excluding steroid dienone is 2. The van der Waals surface area contributed by atoms with E-state index in [1.165, 1.54) is 38.5 Å². The highest BCUT2D eigenvalue weighted by molar-refractivity contribution is 5.69. The summed E-state index contributed by atoms with van der Waals surface area (Å²) in [7, 11) is 0. The maximum Gasteiger partial charge on any atom is 0.323 e. The van der Waals surface area contributed by atoms with Crippen LogP contribution in [-0.2, 0) is 4.79 Å². The minimum Gasteiger partial charge on any atom is -0.480 e. The van der Waals surface area contributed by atoms with Crippen molar-refractivity contribution in [2.24, 2.45) is 0 Å². The summed E-state index contributed by atoms with van der Waals surface area (Å²) in [5.41, 5.74) is 0. The Morgan fingerprint density at radius 1 is 0.947 bits per heavy atom. The van der Waals surface area contributed by atoms with E-state index in [-0.39, 0.29) is 6.54 Å². The molecule has 0 saturated carbocycles. The van der Waals surface area contributed by atoms with Gasteiger partial charge in [0.2, 0.25) is 0 Å². The van der Waals surface area contributed by atoms with Crippen molar-refractivity contribution in [2.75, 3.05) is 6.54 Å². The van der Waals surface area contributed by atoms with Crippen molar-refractivity contribution in [1.82, 2.24) is 4.90 Å². The first-order valence-electron chi connectivity index (χ1n) is 7.51. The van der Waals surface area contributed by atoms with Crippen LogP contribution in [0.1, 0.15) is 65.2 Å². The number of rotatable bonds is 12. The number of nitrogens with zero attached hydrogens (tertiary/aromatic N) is 1. The predicted octanol–water partition coefficient (Wildman–Crippen LogP) is 4.56. The van der Waals surface area contributed by atoms with Crippen LogP contribution in [0.15, 0.2) is 24.6 Å². The molecule has 0 bridgehead atoms. The summed E-state index contributed by atoms with van der Waals surface area (Å²) in [6.45, 7) is 4.40. The molecular formula is C16H29NO2. The highest BCUT2D eigenvalue weighted by Gasteiger charge is 2.00. The van der Waals surface area contributed by atoms with E-state index in [0.29, 0.717) is 0 Å². The van der Waals surface area contributed by atoms with Gasteiger partial charge in [-0.15, -0.1) is 0 Å². The van der Waals surface area contributed by atoms with Gasteiger partial charge in [0, 0.05) is 12.4 Å². The third kappa shape index (κ3) is 13.0. The molecular weight excluding hydrogens is 238 g/mol. The smallest absolute Gasteiger partial charge is 0.323 e. The number of hydrogen-bond acceptors (Lipinski definition) is 2. The molecule has 0 atom stereocenters. The van der Waals surface area contributed by atoms with Crippen LogP contribution in [0.25, 0.3) is 0 Å². The fourth-order valence-electron chi connectivity index (χ4n) is 1.76. The Bertz CT molecular complexity index is 252. The van der Waals surface area contributed by atoms with Crippen LogP contribution in [0, 0.1) is 0 Å². The van der Waals surface area contributed by atoms with Gasteiger partial charge in [0.15, 0.2) is 0 Å². The lowest BCUT2D eigenvalue weighted by Crippen LogP contribution is -2.19. The molecule has 3 nitrogen and oxygen atoms in total. The van der Waals surface area contributed by atoms with Gasteiger partial charge in [-0.1, -0.05) is 51.7 Å². The molecule has 19 heavy (non-hydrogen) atoms. The molecule has 0 aliphatic carbocycles. The molecule has 0 amide bonds. The molecule has 0 rings (SSSR count). The molecule has 0 heterocycles. The van der Waals surface area contributed by atoms with Gasteiger partial charge in [-0.05, 0) is 25.7 Å². The van der Waals surface area contributed by atoms with E-state index in [0.717, 1.165) is 12.8 Å². The predicted molar refractivity (Wildman–Crippen MR) is 80.9 cm³/mol. The number of aliphatic carboxylic acids is 1. The highest BCUT2D eigenvalue weighted by Crippen LogP contribution is 2.03. The molecule has 0 radical (unpaired) electrons. The molecule has 0 spiro atoms. The Morgan fingerprint density at radius 2 is 1.42 bits per heavy atom. The van der Waals surface area contributed by atoms with Crippen LogP contribution >= 0.6 is 0 Å². The second kappa shape index (κ2) is 13.2. The minimum atomic E-state index is -0.795. The minimum absolute atomic E-state index is 0.0363. The first kappa shape index (κ1) is 17.8. The standard InChI is InChI=1S/C16H29NO2/c1-3-5-7-9-11-13-17(15-16(18)19)14-12-10-8-6-4-2/h11-14H,3-10,15H2,1-2H3,(H,18,19)/b13-11+,14-12+. The van der Waals surface area contributed by atoms with Crippen molar-refractivity contribution < 1.29 is 9.90 Å². The maximum absolute atomic E-state index is 10.8. The van der Waals surface area contributed by atoms with E-state index < -0.39 is 5.97 Å². The maximum atomic E-state index is 10.8. The van der Waals surface area contributed by atoms with Crippen LogP contribution in [0.5, 0.6) is 0 Å². The number of unbranched alkanes of at least 4 members (excludes halogenated alkanes) is 6. The van der Waals surface area contributed by atoms with E-state index in [2.05, 4.69) is 26.0 Å². The van der Waals surface area contributed by atoms with Gasteiger partial charge in [-0.3, -0.25) is 4.79 Å². The van der Waals surface area contributed by atoms with Crippen LogP contribution < -0.4 is 0 Å². The second-order valence-electron chi connectivity index (χ2n) is 4.83. The summed E-state index contributed by atoms with van der Waals surface area (Å²) >= 11 is 0. The summed E-state index contributed by atoms with van der Waals surface area (Å²) < 4.78 is 0. The molecule has 3 heteroatoms. The third-order valence-electron chi connectivity index (χ3n) is 2.86. The first-order chi connectivity index (χ1) is 9.20. The number of hydrogen-bond donors (Lipinski definition) is 1. The van der Waals surface area contributed by atoms with Crippen molar-refractivity contribution in [3.63, 3.8) is 0 Å². The fraction of sp³-hybridized carbons (Fsp3) is 0.688. The summed E-state index contributed by atoms with van der Waals surface area (Å²) in [6.07, 6.45) is 17.2. The Hall–Kier alpha value is -1.25. The van der Waals surface area contributed by atoms with Gasteiger partial charge in [0.05, 0.1) is 0 Å².